The fourth-order valence-electron chi connectivity index (χ4n) is 3.36. The van der Waals surface area contributed by atoms with Crippen LogP contribution in [0.15, 0.2) is 35.1 Å². The van der Waals surface area contributed by atoms with Crippen molar-refractivity contribution in [3.63, 3.8) is 0 Å². The number of carboxylic acids is 2. The first-order valence-electron chi connectivity index (χ1n) is 8.53. The fourth-order valence-corrected chi connectivity index (χ4v) is 3.55. The van der Waals surface area contributed by atoms with E-state index in [9.17, 15) is 14.4 Å². The quantitative estimate of drug-likeness (QED) is 0.638. The minimum atomic E-state index is -1.26. The highest BCUT2D eigenvalue weighted by atomic mass is 35.5. The number of rotatable bonds is 4. The molecule has 2 aliphatic rings. The number of carbonyl (C=O) groups excluding carboxylic acids is 1. The number of hydrogen-bond acceptors (Lipinski definition) is 6. The number of nitrogens with one attached hydrogen (secondary N) is 1. The molecule has 2 aromatic heterocycles. The van der Waals surface area contributed by atoms with Gasteiger partial charge in [-0.2, -0.15) is 0 Å². The Balaban J connectivity index is 0.000000289. The number of carbonyl (C=O) groups is 3. The Labute approximate surface area is 172 Å². The molecule has 0 aromatic carbocycles. The zero-order chi connectivity index (χ0) is 20.3. The molecule has 4 heterocycles. The van der Waals surface area contributed by atoms with Crippen LogP contribution in [0.2, 0.25) is 5.02 Å². The largest absolute Gasteiger partial charge is 0.478 e. The highest BCUT2D eigenvalue weighted by Gasteiger charge is 2.38. The third-order valence-corrected chi connectivity index (χ3v) is 4.96. The summed E-state index contributed by atoms with van der Waals surface area (Å²) in [6, 6.07) is 1.93. The minimum Gasteiger partial charge on any atom is -0.478 e. The van der Waals surface area contributed by atoms with Crippen molar-refractivity contribution in [3.05, 3.63) is 41.4 Å². The molecule has 3 unspecified atom stereocenters. The Morgan fingerprint density at radius 2 is 1.93 bits per heavy atom. The summed E-state index contributed by atoms with van der Waals surface area (Å²) in [5.74, 6) is -2.07. The molecule has 0 radical (unpaired) electrons. The third-order valence-electron chi connectivity index (χ3n) is 4.66. The lowest BCUT2D eigenvalue weighted by molar-refractivity contribution is -0.134. The first-order valence-corrected chi connectivity index (χ1v) is 8.91. The molecule has 2 aromatic rings. The number of amides is 1. The van der Waals surface area contributed by atoms with Crippen molar-refractivity contribution in [1.82, 2.24) is 15.2 Å². The third kappa shape index (κ3) is 5.55. The molecule has 2 bridgehead atoms. The molecular weight excluding hydrogens is 402 g/mol. The molecule has 0 aliphatic carbocycles. The summed E-state index contributed by atoms with van der Waals surface area (Å²) in [6.45, 7) is 3.21. The zero-order valence-corrected chi connectivity index (χ0v) is 15.4. The molecule has 3 N–H and O–H groups in total. The minimum absolute atomic E-state index is 0. The van der Waals surface area contributed by atoms with Gasteiger partial charge in [0, 0.05) is 36.7 Å². The van der Waals surface area contributed by atoms with Gasteiger partial charge in [0.05, 0.1) is 11.2 Å². The molecule has 2 fully saturated rings. The van der Waals surface area contributed by atoms with E-state index in [2.05, 4.69) is 15.2 Å². The summed E-state index contributed by atoms with van der Waals surface area (Å²) in [6.07, 6.45) is 5.29. The second-order valence-corrected chi connectivity index (χ2v) is 6.95. The second kappa shape index (κ2) is 9.53. The van der Waals surface area contributed by atoms with Crippen molar-refractivity contribution in [2.24, 2.45) is 5.92 Å². The van der Waals surface area contributed by atoms with E-state index in [4.69, 9.17) is 26.2 Å². The Morgan fingerprint density at radius 1 is 1.24 bits per heavy atom. The van der Waals surface area contributed by atoms with Gasteiger partial charge >= 0.3 is 11.9 Å². The average Bonchev–Trinajstić information content (AvgIpc) is 3.36. The standard InChI is InChI=1S/C14H14ClN3O2.C4H4O4.CH4/c15-10-7-20-13-4-16-11(3-9(10)13)14(19)17-12-6-18-2-1-8(12)5-18;5-3(6)1-2-4(7)8;/h3-4,7-8,12H,1-2,5-6H2,(H,17,19);1-2H,(H,5,6)(H,7,8);1H4/b;2-1+;. The average molecular weight is 424 g/mol. The van der Waals surface area contributed by atoms with Crippen LogP contribution in [0.25, 0.3) is 11.0 Å². The van der Waals surface area contributed by atoms with Crippen LogP contribution in [0.5, 0.6) is 0 Å². The lowest BCUT2D eigenvalue weighted by Gasteiger charge is -2.22. The number of aliphatic carboxylic acids is 2. The first kappa shape index (κ1) is 22.4. The van der Waals surface area contributed by atoms with Crippen LogP contribution in [0.1, 0.15) is 24.3 Å². The van der Waals surface area contributed by atoms with E-state index < -0.39 is 11.9 Å². The number of halogens is 1. The van der Waals surface area contributed by atoms with Gasteiger partial charge in [0.1, 0.15) is 12.0 Å². The summed E-state index contributed by atoms with van der Waals surface area (Å²) < 4.78 is 5.22. The number of fused-ring (bicyclic) bond motifs is 3. The van der Waals surface area contributed by atoms with Crippen LogP contribution in [-0.2, 0) is 9.59 Å². The molecule has 9 nitrogen and oxygen atoms in total. The maximum absolute atomic E-state index is 12.3. The predicted octanol–water partition coefficient (Wildman–Crippen LogP) is 2.26. The van der Waals surface area contributed by atoms with E-state index >= 15 is 0 Å². The van der Waals surface area contributed by atoms with Crippen molar-refractivity contribution in [2.75, 3.05) is 19.6 Å². The highest BCUT2D eigenvalue weighted by molar-refractivity contribution is 6.35. The van der Waals surface area contributed by atoms with Gasteiger partial charge in [-0.25, -0.2) is 14.6 Å². The molecule has 29 heavy (non-hydrogen) atoms. The van der Waals surface area contributed by atoms with Crippen LogP contribution in [0, 0.1) is 5.92 Å². The monoisotopic (exact) mass is 423 g/mol. The van der Waals surface area contributed by atoms with Crippen LogP contribution >= 0.6 is 11.6 Å². The van der Waals surface area contributed by atoms with E-state index in [1.807, 2.05) is 0 Å². The Kier molecular flexibility index (Phi) is 7.35. The summed E-state index contributed by atoms with van der Waals surface area (Å²) in [7, 11) is 0. The zero-order valence-electron chi connectivity index (χ0n) is 14.7. The van der Waals surface area contributed by atoms with Crippen LogP contribution in [0.4, 0.5) is 0 Å². The van der Waals surface area contributed by atoms with Gasteiger partial charge in [0.25, 0.3) is 5.91 Å². The van der Waals surface area contributed by atoms with E-state index in [1.165, 1.54) is 12.7 Å². The van der Waals surface area contributed by atoms with Gasteiger partial charge in [-0.05, 0) is 24.9 Å². The van der Waals surface area contributed by atoms with E-state index in [1.54, 1.807) is 12.3 Å². The van der Waals surface area contributed by atoms with Gasteiger partial charge < -0.3 is 24.8 Å². The lowest BCUT2D eigenvalue weighted by Crippen LogP contribution is -2.43. The summed E-state index contributed by atoms with van der Waals surface area (Å²) in [5, 5.41) is 19.9. The molecule has 156 valence electrons. The number of aromatic nitrogens is 1. The number of furan rings is 1. The molecular formula is C19H22ClN3O6. The molecule has 2 aliphatic heterocycles. The van der Waals surface area contributed by atoms with Crippen molar-refractivity contribution >= 4 is 40.4 Å². The normalized spacial score (nSPS) is 22.0. The Hall–Kier alpha value is -2.91. The SMILES string of the molecule is C.O=C(NC1CN2CCC1C2)c1cc2c(Cl)coc2cn1.O=C(O)/C=C/C(=O)O. The molecule has 1 amide bonds. The van der Waals surface area contributed by atoms with Gasteiger partial charge in [0.15, 0.2) is 5.58 Å². The first-order chi connectivity index (χ1) is 13.3. The van der Waals surface area contributed by atoms with Crippen LogP contribution in [-0.4, -0.2) is 63.6 Å². The number of piperidine rings is 1. The maximum atomic E-state index is 12.3. The molecule has 3 atom stereocenters. The summed E-state index contributed by atoms with van der Waals surface area (Å²) in [5.41, 5.74) is 0.983. The van der Waals surface area contributed by atoms with Crippen molar-refractivity contribution in [1.29, 1.82) is 0 Å². The van der Waals surface area contributed by atoms with Crippen molar-refractivity contribution in [2.45, 2.75) is 19.9 Å². The molecule has 2 saturated heterocycles. The maximum Gasteiger partial charge on any atom is 0.328 e. The molecule has 0 saturated carbocycles. The van der Waals surface area contributed by atoms with Gasteiger partial charge in [-0.3, -0.25) is 4.79 Å². The van der Waals surface area contributed by atoms with E-state index in [0.717, 1.165) is 25.0 Å². The molecule has 4 rings (SSSR count). The van der Waals surface area contributed by atoms with E-state index in [0.29, 0.717) is 34.4 Å². The number of carboxylic acid groups (broad SMARTS) is 2. The smallest absolute Gasteiger partial charge is 0.328 e. The Bertz CT molecular complexity index is 925. The van der Waals surface area contributed by atoms with Gasteiger partial charge in [-0.1, -0.05) is 19.0 Å². The summed E-state index contributed by atoms with van der Waals surface area (Å²) >= 11 is 6.01. The highest BCUT2D eigenvalue weighted by Crippen LogP contribution is 2.28. The van der Waals surface area contributed by atoms with Crippen LogP contribution < -0.4 is 5.32 Å². The lowest BCUT2D eigenvalue weighted by atomic mass is 10.00. The van der Waals surface area contributed by atoms with Gasteiger partial charge in [-0.15, -0.1) is 0 Å². The van der Waals surface area contributed by atoms with Crippen molar-refractivity contribution < 1.29 is 29.0 Å². The number of pyridine rings is 1. The van der Waals surface area contributed by atoms with E-state index in [-0.39, 0.29) is 19.4 Å². The van der Waals surface area contributed by atoms with Crippen LogP contribution in [0.3, 0.4) is 0 Å². The Morgan fingerprint density at radius 3 is 2.48 bits per heavy atom. The molecule has 10 heteroatoms. The number of nitrogens with zero attached hydrogens (tertiary/aromatic N) is 2. The summed E-state index contributed by atoms with van der Waals surface area (Å²) in [4.78, 5) is 37.9. The number of hydrogen-bond donors (Lipinski definition) is 3. The van der Waals surface area contributed by atoms with Gasteiger partial charge in [0.2, 0.25) is 0 Å². The topological polar surface area (TPSA) is 133 Å². The van der Waals surface area contributed by atoms with Crippen molar-refractivity contribution in [3.8, 4) is 0 Å². The fraction of sp³-hybridized carbons (Fsp3) is 0.368. The predicted molar refractivity (Wildman–Crippen MR) is 106 cm³/mol. The molecule has 0 spiro atoms. The second-order valence-electron chi connectivity index (χ2n) is 6.55.